The van der Waals surface area contributed by atoms with Crippen molar-refractivity contribution in [2.24, 2.45) is 0 Å². The van der Waals surface area contributed by atoms with Crippen LogP contribution >= 0.6 is 11.8 Å². The molecule has 1 aromatic carbocycles. The third-order valence-corrected chi connectivity index (χ3v) is 4.44. The van der Waals surface area contributed by atoms with E-state index in [0.29, 0.717) is 0 Å². The van der Waals surface area contributed by atoms with Crippen LogP contribution in [0.25, 0.3) is 5.65 Å². The highest BCUT2D eigenvalue weighted by Crippen LogP contribution is 2.29. The molecule has 2 aromatic heterocycles. The predicted molar refractivity (Wildman–Crippen MR) is 87.0 cm³/mol. The second-order valence-corrected chi connectivity index (χ2v) is 6.33. The Hall–Kier alpha value is -2.62. The summed E-state index contributed by atoms with van der Waals surface area (Å²) in [7, 11) is 0. The summed E-state index contributed by atoms with van der Waals surface area (Å²) in [5.74, 6) is -0.430. The summed E-state index contributed by atoms with van der Waals surface area (Å²) >= 11 is 1.21. The van der Waals surface area contributed by atoms with Crippen molar-refractivity contribution in [1.82, 2.24) is 19.9 Å². The number of nitrogens with zero attached hydrogens (tertiary/aromatic N) is 3. The average molecular weight is 384 g/mol. The zero-order chi connectivity index (χ0) is 18.7. The van der Waals surface area contributed by atoms with E-state index in [4.69, 9.17) is 0 Å². The first-order valence-corrected chi connectivity index (χ1v) is 8.37. The number of pyridine rings is 1. The Balaban J connectivity index is 1.62. The van der Waals surface area contributed by atoms with E-state index in [1.54, 1.807) is 12.1 Å². The van der Waals surface area contributed by atoms with Gasteiger partial charge in [-0.3, -0.25) is 9.20 Å². The lowest BCUT2D eigenvalue weighted by molar-refractivity contribution is -0.137. The molecule has 0 saturated carbocycles. The summed E-state index contributed by atoms with van der Waals surface area (Å²) in [4.78, 5) is 12.6. The molecule has 2 heterocycles. The van der Waals surface area contributed by atoms with E-state index in [0.717, 1.165) is 17.2 Å². The zero-order valence-electron chi connectivity index (χ0n) is 13.1. The maximum absolute atomic E-state index is 12.8. The molecule has 0 saturated heterocycles. The Morgan fingerprint density at radius 2 is 1.85 bits per heavy atom. The lowest BCUT2D eigenvalue weighted by Gasteiger charge is -2.08. The lowest BCUT2D eigenvalue weighted by Crippen LogP contribution is -2.25. The summed E-state index contributed by atoms with van der Waals surface area (Å²) in [6.45, 7) is -0.0642. The molecule has 0 unspecified atom stereocenters. The molecule has 0 aliphatic rings. The van der Waals surface area contributed by atoms with Gasteiger partial charge in [-0.05, 0) is 36.4 Å². The average Bonchev–Trinajstić information content (AvgIpc) is 3.01. The van der Waals surface area contributed by atoms with E-state index in [9.17, 15) is 22.4 Å². The summed E-state index contributed by atoms with van der Waals surface area (Å²) in [5, 5.41) is 10.2. The molecule has 10 heteroatoms. The van der Waals surface area contributed by atoms with E-state index < -0.39 is 11.7 Å². The number of amides is 1. The highest BCUT2D eigenvalue weighted by atomic mass is 32.2. The van der Waals surface area contributed by atoms with E-state index in [2.05, 4.69) is 15.5 Å². The van der Waals surface area contributed by atoms with Crippen LogP contribution in [0.2, 0.25) is 0 Å². The molecule has 26 heavy (non-hydrogen) atoms. The van der Waals surface area contributed by atoms with Crippen LogP contribution < -0.4 is 5.32 Å². The molecular formula is C16H12F4N4OS. The van der Waals surface area contributed by atoms with Crippen LogP contribution in [0.15, 0.2) is 47.5 Å². The summed E-state index contributed by atoms with van der Waals surface area (Å²) in [5.41, 5.74) is -0.577. The van der Waals surface area contributed by atoms with Gasteiger partial charge in [-0.25, -0.2) is 4.39 Å². The Kier molecular flexibility index (Phi) is 5.12. The molecule has 136 valence electrons. The molecular weight excluding hydrogens is 372 g/mol. The van der Waals surface area contributed by atoms with Crippen LogP contribution in [0, 0.1) is 5.82 Å². The van der Waals surface area contributed by atoms with Crippen LogP contribution in [0.4, 0.5) is 17.6 Å². The summed E-state index contributed by atoms with van der Waals surface area (Å²) < 4.78 is 52.4. The van der Waals surface area contributed by atoms with Gasteiger partial charge in [0.2, 0.25) is 5.91 Å². The highest BCUT2D eigenvalue weighted by Gasteiger charge is 2.31. The zero-order valence-corrected chi connectivity index (χ0v) is 13.9. The molecule has 0 fully saturated rings. The third kappa shape index (κ3) is 4.31. The first-order valence-electron chi connectivity index (χ1n) is 7.39. The Morgan fingerprint density at radius 1 is 1.12 bits per heavy atom. The standard InChI is InChI=1S/C16H12F4N4OS/c17-11-2-4-12(5-3-11)26-9-15(25)21-7-14-23-22-13-6-1-10(8-24(13)14)16(18,19)20/h1-6,8H,7,9H2,(H,21,25). The SMILES string of the molecule is O=C(CSc1ccc(F)cc1)NCc1nnc2ccc(C(F)(F)F)cn12. The van der Waals surface area contributed by atoms with Crippen molar-refractivity contribution in [2.45, 2.75) is 17.6 Å². The van der Waals surface area contributed by atoms with Gasteiger partial charge in [-0.2, -0.15) is 13.2 Å². The largest absolute Gasteiger partial charge is 0.417 e. The van der Waals surface area contributed by atoms with Crippen LogP contribution in [0.5, 0.6) is 0 Å². The second-order valence-electron chi connectivity index (χ2n) is 5.28. The van der Waals surface area contributed by atoms with Crippen molar-refractivity contribution in [1.29, 1.82) is 0 Å². The van der Waals surface area contributed by atoms with E-state index in [1.807, 2.05) is 0 Å². The number of hydrogen-bond acceptors (Lipinski definition) is 4. The van der Waals surface area contributed by atoms with Crippen molar-refractivity contribution in [3.05, 3.63) is 59.8 Å². The van der Waals surface area contributed by atoms with Gasteiger partial charge in [0.15, 0.2) is 11.5 Å². The van der Waals surface area contributed by atoms with Crippen LogP contribution in [0.3, 0.4) is 0 Å². The van der Waals surface area contributed by atoms with Crippen molar-refractivity contribution < 1.29 is 22.4 Å². The Morgan fingerprint density at radius 3 is 2.54 bits per heavy atom. The number of carbonyl (C=O) groups is 1. The molecule has 1 amide bonds. The molecule has 0 bridgehead atoms. The van der Waals surface area contributed by atoms with Gasteiger partial charge in [0.05, 0.1) is 17.9 Å². The number of thioether (sulfide) groups is 1. The van der Waals surface area contributed by atoms with Gasteiger partial charge in [0.1, 0.15) is 5.82 Å². The number of benzene rings is 1. The fourth-order valence-corrected chi connectivity index (χ4v) is 2.86. The monoisotopic (exact) mass is 384 g/mol. The molecule has 0 spiro atoms. The molecule has 0 radical (unpaired) electrons. The number of aromatic nitrogens is 3. The number of alkyl halides is 3. The highest BCUT2D eigenvalue weighted by molar-refractivity contribution is 8.00. The first-order chi connectivity index (χ1) is 12.3. The number of nitrogens with one attached hydrogen (secondary N) is 1. The van der Waals surface area contributed by atoms with E-state index >= 15 is 0 Å². The number of rotatable bonds is 5. The molecule has 0 atom stereocenters. The lowest BCUT2D eigenvalue weighted by atomic mass is 10.3. The van der Waals surface area contributed by atoms with Gasteiger partial charge in [-0.15, -0.1) is 22.0 Å². The van der Waals surface area contributed by atoms with Gasteiger partial charge in [0, 0.05) is 11.1 Å². The molecule has 0 aliphatic heterocycles. The second kappa shape index (κ2) is 7.32. The number of carbonyl (C=O) groups excluding carboxylic acids is 1. The number of hydrogen-bond donors (Lipinski definition) is 1. The van der Waals surface area contributed by atoms with Gasteiger partial charge in [0.25, 0.3) is 0 Å². The minimum atomic E-state index is -4.48. The minimum Gasteiger partial charge on any atom is -0.348 e. The van der Waals surface area contributed by atoms with E-state index in [1.165, 1.54) is 34.4 Å². The fraction of sp³-hybridized carbons (Fsp3) is 0.188. The molecule has 1 N–H and O–H groups in total. The smallest absolute Gasteiger partial charge is 0.348 e. The maximum Gasteiger partial charge on any atom is 0.417 e. The topological polar surface area (TPSA) is 59.3 Å². The maximum atomic E-state index is 12.8. The quantitative estimate of drug-likeness (QED) is 0.542. The summed E-state index contributed by atoms with van der Waals surface area (Å²) in [6.07, 6.45) is -3.59. The van der Waals surface area contributed by atoms with Crippen LogP contribution in [-0.2, 0) is 17.5 Å². The first kappa shape index (κ1) is 18.2. The van der Waals surface area contributed by atoms with E-state index in [-0.39, 0.29) is 35.5 Å². The number of halogens is 4. The normalized spacial score (nSPS) is 11.7. The molecule has 3 aromatic rings. The summed E-state index contributed by atoms with van der Waals surface area (Å²) in [6, 6.07) is 7.83. The van der Waals surface area contributed by atoms with Crippen molar-refractivity contribution >= 4 is 23.3 Å². The molecule has 0 aliphatic carbocycles. The van der Waals surface area contributed by atoms with Gasteiger partial charge in [-0.1, -0.05) is 0 Å². The fourth-order valence-electron chi connectivity index (χ4n) is 2.13. The van der Waals surface area contributed by atoms with Gasteiger partial charge < -0.3 is 5.32 Å². The molecule has 5 nitrogen and oxygen atoms in total. The third-order valence-electron chi connectivity index (χ3n) is 3.43. The van der Waals surface area contributed by atoms with Crippen molar-refractivity contribution in [3.8, 4) is 0 Å². The molecule has 3 rings (SSSR count). The van der Waals surface area contributed by atoms with Crippen molar-refractivity contribution in [3.63, 3.8) is 0 Å². The Bertz CT molecular complexity index is 924. The van der Waals surface area contributed by atoms with Gasteiger partial charge >= 0.3 is 6.18 Å². The van der Waals surface area contributed by atoms with Crippen LogP contribution in [-0.4, -0.2) is 26.3 Å². The predicted octanol–water partition coefficient (Wildman–Crippen LogP) is 3.30. The minimum absolute atomic E-state index is 0.0642. The van der Waals surface area contributed by atoms with Crippen LogP contribution in [0.1, 0.15) is 11.4 Å². The number of fused-ring (bicyclic) bond motifs is 1. The van der Waals surface area contributed by atoms with Crippen molar-refractivity contribution in [2.75, 3.05) is 5.75 Å². The Labute approximate surface area is 149 Å².